The van der Waals surface area contributed by atoms with Crippen LogP contribution >= 0.6 is 0 Å². The molecule has 3 heterocycles. The lowest BCUT2D eigenvalue weighted by atomic mass is 9.94. The summed E-state index contributed by atoms with van der Waals surface area (Å²) >= 11 is 0. The smallest absolute Gasteiger partial charge is 0.263 e. The molecule has 1 amide bonds. The van der Waals surface area contributed by atoms with Crippen LogP contribution < -0.4 is 9.47 Å². The van der Waals surface area contributed by atoms with Gasteiger partial charge in [-0.25, -0.2) is 5.10 Å². The molecule has 1 saturated heterocycles. The highest BCUT2D eigenvalue weighted by atomic mass is 16.5. The molecule has 0 aliphatic carbocycles. The molecule has 1 aromatic heterocycles. The molecule has 37 heavy (non-hydrogen) atoms. The fourth-order valence-electron chi connectivity index (χ4n) is 4.72. The van der Waals surface area contributed by atoms with Gasteiger partial charge in [-0.2, -0.15) is 5.10 Å². The molecule has 3 aromatic rings. The van der Waals surface area contributed by atoms with Crippen molar-refractivity contribution in [2.45, 2.75) is 38.9 Å². The van der Waals surface area contributed by atoms with Gasteiger partial charge in [0.25, 0.3) is 5.91 Å². The van der Waals surface area contributed by atoms with E-state index < -0.39 is 11.7 Å². The van der Waals surface area contributed by atoms with Gasteiger partial charge in [0.05, 0.1) is 23.9 Å². The Hall–Kier alpha value is -3.84. The molecule has 2 aliphatic rings. The number of H-pyrrole nitrogens is 1. The normalized spacial score (nSPS) is 18.9. The third kappa shape index (κ3) is 4.91. The molecule has 4 bridgehead atoms. The van der Waals surface area contributed by atoms with Crippen molar-refractivity contribution in [2.75, 3.05) is 26.8 Å². The van der Waals surface area contributed by atoms with Crippen LogP contribution in [0.5, 0.6) is 11.6 Å². The average molecular weight is 500 g/mol. The van der Waals surface area contributed by atoms with Gasteiger partial charge in [0.2, 0.25) is 5.88 Å². The first kappa shape index (κ1) is 24.8. The number of carbonyl (C=O) groups excluding carboxylic acids is 1. The van der Waals surface area contributed by atoms with Crippen LogP contribution in [0, 0.1) is 6.92 Å². The summed E-state index contributed by atoms with van der Waals surface area (Å²) in [6.07, 6.45) is 5.81. The monoisotopic (exact) mass is 499 g/mol. The topological polar surface area (TPSA) is 76.7 Å². The van der Waals surface area contributed by atoms with E-state index in [1.807, 2.05) is 44.2 Å². The number of carbonyl (C=O) groups is 1. The van der Waals surface area contributed by atoms with Crippen molar-refractivity contribution in [1.82, 2.24) is 15.1 Å². The second-order valence-corrected chi connectivity index (χ2v) is 10.0. The van der Waals surface area contributed by atoms with Gasteiger partial charge in [-0.3, -0.25) is 4.79 Å². The number of allylic oxidation sites excluding steroid dienone is 2. The number of benzene rings is 2. The average Bonchev–Trinajstić information content (AvgIpc) is 3.50. The summed E-state index contributed by atoms with van der Waals surface area (Å²) in [6.45, 7) is 11.9. The molecular formula is C30H33N3O4. The van der Waals surface area contributed by atoms with Crippen LogP contribution in [0.3, 0.4) is 0 Å². The Morgan fingerprint density at radius 1 is 1.14 bits per heavy atom. The van der Waals surface area contributed by atoms with E-state index in [1.165, 1.54) is 0 Å². The molecule has 7 heteroatoms. The standard InChI is InChI=1S/C30H33N3O4/c1-19-6-8-21-10-11-23(30(3,4)35-5)17-27(21)37-26-12-13-33(29(26)34)14-15-36-28-25(18-31-32-28)22-9-7-20(2)24(19)16-22/h6-11,16-18,26H,1,12-15H2,2-5H3,(H,31,32)/b8-6+. The highest BCUT2D eigenvalue weighted by molar-refractivity contribution is 5.84. The van der Waals surface area contributed by atoms with Gasteiger partial charge in [0, 0.05) is 25.6 Å². The van der Waals surface area contributed by atoms with Crippen LogP contribution in [0.1, 0.15) is 42.5 Å². The van der Waals surface area contributed by atoms with Gasteiger partial charge >= 0.3 is 0 Å². The van der Waals surface area contributed by atoms with Crippen LogP contribution in [0.15, 0.2) is 55.3 Å². The summed E-state index contributed by atoms with van der Waals surface area (Å²) in [5.74, 6) is 1.20. The number of ether oxygens (including phenoxy) is 3. The van der Waals surface area contributed by atoms with Crippen molar-refractivity contribution >= 4 is 17.6 Å². The molecule has 0 radical (unpaired) electrons. The first-order valence-corrected chi connectivity index (χ1v) is 12.6. The van der Waals surface area contributed by atoms with E-state index in [4.69, 9.17) is 14.2 Å². The first-order chi connectivity index (χ1) is 17.8. The fraction of sp³-hybridized carbons (Fsp3) is 0.333. The number of aromatic nitrogens is 2. The Morgan fingerprint density at radius 2 is 1.97 bits per heavy atom. The molecule has 2 aliphatic heterocycles. The quantitative estimate of drug-likeness (QED) is 0.513. The lowest BCUT2D eigenvalue weighted by Gasteiger charge is -2.25. The van der Waals surface area contributed by atoms with E-state index in [2.05, 4.69) is 41.9 Å². The van der Waals surface area contributed by atoms with Gasteiger partial charge < -0.3 is 19.1 Å². The number of rotatable bonds is 2. The van der Waals surface area contributed by atoms with E-state index in [9.17, 15) is 4.79 Å². The second kappa shape index (κ2) is 9.90. The van der Waals surface area contributed by atoms with Crippen LogP contribution in [0.4, 0.5) is 0 Å². The van der Waals surface area contributed by atoms with Gasteiger partial charge in [-0.1, -0.05) is 43.0 Å². The molecule has 192 valence electrons. The van der Waals surface area contributed by atoms with Crippen LogP contribution in [-0.2, 0) is 15.1 Å². The highest BCUT2D eigenvalue weighted by Crippen LogP contribution is 2.34. The zero-order valence-corrected chi connectivity index (χ0v) is 21.8. The molecule has 2 aromatic carbocycles. The Balaban J connectivity index is 1.58. The number of aromatic amines is 1. The van der Waals surface area contributed by atoms with Crippen molar-refractivity contribution in [3.63, 3.8) is 0 Å². The number of amides is 1. The lowest BCUT2D eigenvalue weighted by molar-refractivity contribution is -0.133. The minimum absolute atomic E-state index is 0.0317. The molecule has 7 nitrogen and oxygen atoms in total. The van der Waals surface area contributed by atoms with Gasteiger partial charge in [0.1, 0.15) is 12.4 Å². The minimum Gasteiger partial charge on any atom is -0.480 e. The second-order valence-electron chi connectivity index (χ2n) is 10.0. The van der Waals surface area contributed by atoms with Crippen molar-refractivity contribution in [3.8, 4) is 22.8 Å². The van der Waals surface area contributed by atoms with Gasteiger partial charge in [-0.15, -0.1) is 0 Å². The Labute approximate surface area is 217 Å². The largest absolute Gasteiger partial charge is 0.480 e. The Morgan fingerprint density at radius 3 is 2.78 bits per heavy atom. The fourth-order valence-corrected chi connectivity index (χ4v) is 4.72. The minimum atomic E-state index is -0.549. The van der Waals surface area contributed by atoms with E-state index >= 15 is 0 Å². The predicted octanol–water partition coefficient (Wildman–Crippen LogP) is 5.37. The number of nitrogens with zero attached hydrogens (tertiary/aromatic N) is 2. The molecule has 1 N–H and O–H groups in total. The van der Waals surface area contributed by atoms with Crippen LogP contribution in [0.2, 0.25) is 0 Å². The summed E-state index contributed by atoms with van der Waals surface area (Å²) in [5.41, 5.74) is 6.22. The molecule has 1 unspecified atom stereocenters. The molecule has 5 rings (SSSR count). The first-order valence-electron chi connectivity index (χ1n) is 12.6. The molecular weight excluding hydrogens is 466 g/mol. The van der Waals surface area contributed by atoms with Crippen molar-refractivity contribution in [1.29, 1.82) is 0 Å². The molecule has 0 spiro atoms. The third-order valence-corrected chi connectivity index (χ3v) is 7.31. The van der Waals surface area contributed by atoms with Crippen LogP contribution in [-0.4, -0.2) is 53.9 Å². The van der Waals surface area contributed by atoms with E-state index in [0.717, 1.165) is 39.0 Å². The summed E-state index contributed by atoms with van der Waals surface area (Å²) in [6, 6.07) is 12.3. The number of fused-ring (bicyclic) bond motifs is 7. The maximum atomic E-state index is 13.2. The zero-order valence-electron chi connectivity index (χ0n) is 21.8. The molecule has 0 saturated carbocycles. The van der Waals surface area contributed by atoms with Gasteiger partial charge in [0.15, 0.2) is 6.10 Å². The lowest BCUT2D eigenvalue weighted by Crippen LogP contribution is -2.35. The third-order valence-electron chi connectivity index (χ3n) is 7.31. The summed E-state index contributed by atoms with van der Waals surface area (Å²) in [4.78, 5) is 15.0. The number of methoxy groups -OCH3 is 1. The number of nitrogens with one attached hydrogen (secondary N) is 1. The SMILES string of the molecule is C=C1/C=C/c2ccc(C(C)(C)OC)cc2OC2CCN(CCOc3[nH]ncc3-c3ccc(C)c1c3)C2=O. The van der Waals surface area contributed by atoms with Gasteiger partial charge in [-0.05, 0) is 60.7 Å². The number of aryl methyl sites for hydroxylation is 1. The van der Waals surface area contributed by atoms with E-state index in [0.29, 0.717) is 37.7 Å². The van der Waals surface area contributed by atoms with Crippen molar-refractivity contribution < 1.29 is 19.0 Å². The Bertz CT molecular complexity index is 1370. The number of hydrogen-bond acceptors (Lipinski definition) is 5. The molecule has 1 atom stereocenters. The number of hydrogen-bond donors (Lipinski definition) is 1. The maximum absolute atomic E-state index is 13.2. The zero-order chi connectivity index (χ0) is 26.2. The predicted molar refractivity (Wildman–Crippen MR) is 144 cm³/mol. The molecule has 1 fully saturated rings. The maximum Gasteiger partial charge on any atom is 0.263 e. The summed E-state index contributed by atoms with van der Waals surface area (Å²) in [7, 11) is 1.69. The summed E-state index contributed by atoms with van der Waals surface area (Å²) in [5, 5.41) is 7.14. The summed E-state index contributed by atoms with van der Waals surface area (Å²) < 4.78 is 18.1. The van der Waals surface area contributed by atoms with Crippen LogP contribution in [0.25, 0.3) is 22.8 Å². The van der Waals surface area contributed by atoms with E-state index in [1.54, 1.807) is 18.2 Å². The Kier molecular flexibility index (Phi) is 6.65. The van der Waals surface area contributed by atoms with Crippen molar-refractivity contribution in [3.05, 3.63) is 77.5 Å². The van der Waals surface area contributed by atoms with E-state index in [-0.39, 0.29) is 5.91 Å². The highest BCUT2D eigenvalue weighted by Gasteiger charge is 2.34. The van der Waals surface area contributed by atoms with Crippen molar-refractivity contribution in [2.24, 2.45) is 0 Å².